The van der Waals surface area contributed by atoms with Gasteiger partial charge in [-0.15, -0.1) is 0 Å². The smallest absolute Gasteiger partial charge is 0.335 e. The lowest BCUT2D eigenvalue weighted by Crippen LogP contribution is -2.02. The molecule has 0 saturated carbocycles. The first-order chi connectivity index (χ1) is 8.68. The maximum Gasteiger partial charge on any atom is 0.335 e. The van der Waals surface area contributed by atoms with Gasteiger partial charge in [0.05, 0.1) is 4.48 Å². The van der Waals surface area contributed by atoms with Crippen LogP contribution >= 0.6 is 15.9 Å². The van der Waals surface area contributed by atoms with E-state index in [0.29, 0.717) is 5.57 Å². The molecule has 0 radical (unpaired) electrons. The molecule has 0 saturated heterocycles. The molecule has 1 aliphatic heterocycles. The normalized spacial score (nSPS) is 19.4. The van der Waals surface area contributed by atoms with Crippen LogP contribution < -0.4 is 0 Å². The van der Waals surface area contributed by atoms with Crippen molar-refractivity contribution in [3.05, 3.63) is 58.1 Å². The first-order valence-electron chi connectivity index (χ1n) is 5.73. The van der Waals surface area contributed by atoms with Gasteiger partial charge in [0.25, 0.3) is 0 Å². The highest BCUT2D eigenvalue weighted by molar-refractivity contribution is 9.11. The molecule has 18 heavy (non-hydrogen) atoms. The van der Waals surface area contributed by atoms with Crippen molar-refractivity contribution in [2.45, 2.75) is 13.0 Å². The van der Waals surface area contributed by atoms with Gasteiger partial charge in [-0.3, -0.25) is 0 Å². The third kappa shape index (κ3) is 1.66. The van der Waals surface area contributed by atoms with Gasteiger partial charge in [-0.2, -0.15) is 0 Å². The zero-order valence-corrected chi connectivity index (χ0v) is 11.4. The van der Waals surface area contributed by atoms with Gasteiger partial charge < -0.3 is 4.74 Å². The molecule has 0 bridgehead atoms. The second kappa shape index (κ2) is 4.25. The number of rotatable bonds is 1. The molecule has 0 amide bonds. The molecule has 0 spiro atoms. The van der Waals surface area contributed by atoms with Crippen molar-refractivity contribution in [2.75, 3.05) is 0 Å². The standard InChI is InChI=1S/C15H11BrO2/c1-9-13(16)14(18-15(9)17)12-8-4-6-10-5-2-3-7-11(10)12/h2-8,14H,1H3. The van der Waals surface area contributed by atoms with Crippen molar-refractivity contribution >= 4 is 32.7 Å². The number of ether oxygens (including phenoxy) is 1. The number of halogens is 1. The summed E-state index contributed by atoms with van der Waals surface area (Å²) in [7, 11) is 0. The van der Waals surface area contributed by atoms with E-state index < -0.39 is 0 Å². The molecule has 2 aromatic rings. The molecule has 0 fully saturated rings. The molecule has 1 atom stereocenters. The minimum atomic E-state index is -0.316. The van der Waals surface area contributed by atoms with Crippen LogP contribution in [0.4, 0.5) is 0 Å². The van der Waals surface area contributed by atoms with Crippen molar-refractivity contribution in [1.82, 2.24) is 0 Å². The van der Waals surface area contributed by atoms with Gasteiger partial charge in [0.1, 0.15) is 0 Å². The second-order valence-electron chi connectivity index (χ2n) is 4.33. The maximum atomic E-state index is 11.6. The molecule has 2 nitrogen and oxygen atoms in total. The molecular formula is C15H11BrO2. The van der Waals surface area contributed by atoms with E-state index in [0.717, 1.165) is 20.8 Å². The van der Waals surface area contributed by atoms with E-state index in [1.807, 2.05) is 30.3 Å². The fourth-order valence-electron chi connectivity index (χ4n) is 2.22. The van der Waals surface area contributed by atoms with E-state index in [4.69, 9.17) is 4.74 Å². The summed E-state index contributed by atoms with van der Waals surface area (Å²) in [5.74, 6) is -0.250. The van der Waals surface area contributed by atoms with Crippen LogP contribution in [0.1, 0.15) is 18.6 Å². The van der Waals surface area contributed by atoms with Crippen LogP contribution in [0.5, 0.6) is 0 Å². The minimum Gasteiger partial charge on any atom is -0.449 e. The Kier molecular flexibility index (Phi) is 2.71. The largest absolute Gasteiger partial charge is 0.449 e. The minimum absolute atomic E-state index is 0.250. The summed E-state index contributed by atoms with van der Waals surface area (Å²) in [5.41, 5.74) is 1.66. The van der Waals surface area contributed by atoms with Gasteiger partial charge in [0.15, 0.2) is 6.10 Å². The highest BCUT2D eigenvalue weighted by Gasteiger charge is 2.31. The Morgan fingerprint density at radius 2 is 1.83 bits per heavy atom. The lowest BCUT2D eigenvalue weighted by molar-refractivity contribution is -0.139. The first kappa shape index (κ1) is 11.5. The molecule has 0 N–H and O–H groups in total. The average molecular weight is 303 g/mol. The van der Waals surface area contributed by atoms with Gasteiger partial charge in [0, 0.05) is 11.1 Å². The van der Waals surface area contributed by atoms with Crippen LogP contribution in [-0.4, -0.2) is 5.97 Å². The van der Waals surface area contributed by atoms with E-state index in [1.165, 1.54) is 0 Å². The summed E-state index contributed by atoms with van der Waals surface area (Å²) >= 11 is 3.47. The second-order valence-corrected chi connectivity index (χ2v) is 5.18. The van der Waals surface area contributed by atoms with Gasteiger partial charge in [-0.25, -0.2) is 4.79 Å². The summed E-state index contributed by atoms with van der Waals surface area (Å²) in [6.07, 6.45) is -0.316. The van der Waals surface area contributed by atoms with E-state index in [2.05, 4.69) is 28.1 Å². The van der Waals surface area contributed by atoms with Crippen molar-refractivity contribution in [3.8, 4) is 0 Å². The van der Waals surface area contributed by atoms with Crippen molar-refractivity contribution in [3.63, 3.8) is 0 Å². The summed E-state index contributed by atoms with van der Waals surface area (Å²) in [6, 6.07) is 14.1. The molecule has 90 valence electrons. The Hall–Kier alpha value is -1.61. The first-order valence-corrected chi connectivity index (χ1v) is 6.52. The molecule has 1 aliphatic rings. The molecule has 0 aromatic heterocycles. The van der Waals surface area contributed by atoms with Gasteiger partial charge in [-0.05, 0) is 17.7 Å². The molecular weight excluding hydrogens is 292 g/mol. The van der Waals surface area contributed by atoms with Crippen LogP contribution in [0.2, 0.25) is 0 Å². The SMILES string of the molecule is CC1=C(Br)C(c2cccc3ccccc23)OC1=O. The number of carbonyl (C=O) groups excluding carboxylic acids is 1. The lowest BCUT2D eigenvalue weighted by Gasteiger charge is -2.13. The number of cyclic esters (lactones) is 1. The highest BCUT2D eigenvalue weighted by atomic mass is 79.9. The number of esters is 1. The van der Waals surface area contributed by atoms with Crippen LogP contribution in [0.15, 0.2) is 52.5 Å². The fourth-order valence-corrected chi connectivity index (χ4v) is 2.72. The maximum absolute atomic E-state index is 11.6. The van der Waals surface area contributed by atoms with Crippen LogP contribution in [0.3, 0.4) is 0 Å². The summed E-state index contributed by atoms with van der Waals surface area (Å²) in [6.45, 7) is 1.78. The summed E-state index contributed by atoms with van der Waals surface area (Å²) < 4.78 is 6.24. The quantitative estimate of drug-likeness (QED) is 0.741. The predicted molar refractivity (Wildman–Crippen MR) is 74.4 cm³/mol. The van der Waals surface area contributed by atoms with Gasteiger partial charge >= 0.3 is 5.97 Å². The summed E-state index contributed by atoms with van der Waals surface area (Å²) in [4.78, 5) is 11.6. The van der Waals surface area contributed by atoms with Gasteiger partial charge in [-0.1, -0.05) is 58.4 Å². The number of hydrogen-bond acceptors (Lipinski definition) is 2. The van der Waals surface area contributed by atoms with Crippen molar-refractivity contribution in [2.24, 2.45) is 0 Å². The van der Waals surface area contributed by atoms with Crippen molar-refractivity contribution < 1.29 is 9.53 Å². The van der Waals surface area contributed by atoms with E-state index in [1.54, 1.807) is 6.92 Å². The lowest BCUT2D eigenvalue weighted by atomic mass is 10.00. The zero-order valence-electron chi connectivity index (χ0n) is 9.81. The number of carbonyl (C=O) groups is 1. The third-order valence-corrected chi connectivity index (χ3v) is 4.24. The zero-order chi connectivity index (χ0) is 12.7. The Labute approximate surface area is 113 Å². The Morgan fingerprint density at radius 1 is 1.11 bits per heavy atom. The van der Waals surface area contributed by atoms with Crippen molar-refractivity contribution in [1.29, 1.82) is 0 Å². The molecule has 2 aromatic carbocycles. The van der Waals surface area contributed by atoms with Crippen LogP contribution in [-0.2, 0) is 9.53 Å². The number of hydrogen-bond donors (Lipinski definition) is 0. The summed E-state index contributed by atoms with van der Waals surface area (Å²) in [5, 5.41) is 2.26. The number of benzene rings is 2. The Balaban J connectivity index is 2.20. The fraction of sp³-hybridized carbons (Fsp3) is 0.133. The predicted octanol–water partition coefficient (Wildman–Crippen LogP) is 4.11. The average Bonchev–Trinajstić information content (AvgIpc) is 2.66. The Bertz CT molecular complexity index is 668. The number of fused-ring (bicyclic) bond motifs is 1. The van der Waals surface area contributed by atoms with E-state index in [-0.39, 0.29) is 12.1 Å². The molecule has 1 unspecified atom stereocenters. The third-order valence-electron chi connectivity index (χ3n) is 3.23. The van der Waals surface area contributed by atoms with Gasteiger partial charge in [0.2, 0.25) is 0 Å². The molecule has 0 aliphatic carbocycles. The monoisotopic (exact) mass is 302 g/mol. The van der Waals surface area contributed by atoms with E-state index in [9.17, 15) is 4.79 Å². The molecule has 1 heterocycles. The highest BCUT2D eigenvalue weighted by Crippen LogP contribution is 2.40. The van der Waals surface area contributed by atoms with Crippen LogP contribution in [0.25, 0.3) is 10.8 Å². The molecule has 3 rings (SSSR count). The van der Waals surface area contributed by atoms with Crippen LogP contribution in [0, 0.1) is 0 Å². The Morgan fingerprint density at radius 3 is 2.56 bits per heavy atom. The topological polar surface area (TPSA) is 26.3 Å². The van der Waals surface area contributed by atoms with E-state index >= 15 is 0 Å². The molecule has 3 heteroatoms.